The number of ether oxygens (including phenoxy) is 1. The van der Waals surface area contributed by atoms with Gasteiger partial charge in [0.15, 0.2) is 0 Å². The number of allylic oxidation sites excluding steroid dienone is 4. The van der Waals surface area contributed by atoms with Crippen LogP contribution in [0.4, 0.5) is 0 Å². The highest BCUT2D eigenvalue weighted by Crippen LogP contribution is 2.42. The molecule has 0 unspecified atom stereocenters. The van der Waals surface area contributed by atoms with Crippen molar-refractivity contribution in [3.8, 4) is 0 Å². The van der Waals surface area contributed by atoms with Crippen molar-refractivity contribution in [2.45, 2.75) is 85.2 Å². The van der Waals surface area contributed by atoms with E-state index in [1.54, 1.807) is 11.1 Å². The number of aliphatic hydroxyl groups excluding tert-OH is 2. The molecule has 0 aromatic carbocycles. The summed E-state index contributed by atoms with van der Waals surface area (Å²) in [7, 11) is 0. The molecule has 4 nitrogen and oxygen atoms in total. The molecule has 2 N–H and O–H groups in total. The van der Waals surface area contributed by atoms with E-state index in [1.165, 1.54) is 30.9 Å². The summed E-state index contributed by atoms with van der Waals surface area (Å²) >= 11 is 0. The highest BCUT2D eigenvalue weighted by atomic mass is 16.5. The summed E-state index contributed by atoms with van der Waals surface area (Å²) in [5.74, 6) is -0.395. The first kappa shape index (κ1) is 23.6. The Morgan fingerprint density at radius 2 is 2.07 bits per heavy atom. The van der Waals surface area contributed by atoms with Gasteiger partial charge >= 0.3 is 5.97 Å². The van der Waals surface area contributed by atoms with Gasteiger partial charge in [0.2, 0.25) is 0 Å². The average molecular weight is 403 g/mol. The van der Waals surface area contributed by atoms with Gasteiger partial charge < -0.3 is 14.9 Å². The van der Waals surface area contributed by atoms with Crippen molar-refractivity contribution in [2.24, 2.45) is 5.41 Å². The van der Waals surface area contributed by atoms with E-state index < -0.39 is 12.1 Å². The molecule has 1 atom stereocenters. The molecule has 1 heterocycles. The Kier molecular flexibility index (Phi) is 8.91. The predicted molar refractivity (Wildman–Crippen MR) is 117 cm³/mol. The molecule has 0 bridgehead atoms. The quantitative estimate of drug-likeness (QED) is 0.391. The fourth-order valence-electron chi connectivity index (χ4n) is 4.41. The number of carbonyl (C=O) groups is 1. The molecule has 0 fully saturated rings. The minimum atomic E-state index is -0.726. The van der Waals surface area contributed by atoms with E-state index in [0.29, 0.717) is 17.4 Å². The minimum absolute atomic E-state index is 0.00560. The lowest BCUT2D eigenvalue weighted by atomic mass is 9.71. The second kappa shape index (κ2) is 10.9. The third kappa shape index (κ3) is 7.27. The van der Waals surface area contributed by atoms with Gasteiger partial charge in [-0.05, 0) is 76.2 Å². The highest BCUT2D eigenvalue weighted by molar-refractivity contribution is 5.85. The van der Waals surface area contributed by atoms with E-state index in [1.807, 2.05) is 6.08 Å². The third-order valence-electron chi connectivity index (χ3n) is 6.36. The van der Waals surface area contributed by atoms with Crippen molar-refractivity contribution in [2.75, 3.05) is 13.2 Å². The van der Waals surface area contributed by atoms with Gasteiger partial charge in [-0.2, -0.15) is 0 Å². The molecular formula is C25H38O4. The Morgan fingerprint density at radius 1 is 1.31 bits per heavy atom. The molecule has 0 saturated carbocycles. The Labute approximate surface area is 176 Å². The van der Waals surface area contributed by atoms with Gasteiger partial charge in [0.05, 0.1) is 12.7 Å². The second-order valence-electron chi connectivity index (χ2n) is 9.18. The zero-order chi connectivity index (χ0) is 21.4. The third-order valence-corrected chi connectivity index (χ3v) is 6.36. The number of aliphatic hydroxyl groups is 2. The first-order valence-electron chi connectivity index (χ1n) is 10.9. The van der Waals surface area contributed by atoms with Crippen LogP contribution < -0.4 is 0 Å². The van der Waals surface area contributed by atoms with Crippen LogP contribution in [0.1, 0.15) is 79.1 Å². The van der Waals surface area contributed by atoms with Gasteiger partial charge in [-0.1, -0.05) is 42.7 Å². The predicted octanol–water partition coefficient (Wildman–Crippen LogP) is 5.17. The molecule has 0 radical (unpaired) electrons. The van der Waals surface area contributed by atoms with Crippen LogP contribution in [-0.4, -0.2) is 35.5 Å². The standard InChI is InChI=1S/C25H38O4/c1-18(10-12-22-19(2)8-6-14-25(22,3)4)7-5-9-20(16-26)11-13-23(27)21-15-24(28)29-17-21/h7,11,15,23,26-27H,5-6,8-10,12-14,16-17H2,1-4H3/b18-7+,20-11-/t23-/m1/s1. The summed E-state index contributed by atoms with van der Waals surface area (Å²) in [5.41, 5.74) is 6.49. The molecule has 162 valence electrons. The molecule has 0 amide bonds. The summed E-state index contributed by atoms with van der Waals surface area (Å²) < 4.78 is 4.82. The van der Waals surface area contributed by atoms with Gasteiger partial charge in [-0.15, -0.1) is 0 Å². The van der Waals surface area contributed by atoms with Crippen LogP contribution >= 0.6 is 0 Å². The van der Waals surface area contributed by atoms with Gasteiger partial charge in [0.1, 0.15) is 6.61 Å². The number of esters is 1. The van der Waals surface area contributed by atoms with Crippen LogP contribution in [0.3, 0.4) is 0 Å². The monoisotopic (exact) mass is 402 g/mol. The fourth-order valence-corrected chi connectivity index (χ4v) is 4.41. The molecule has 2 aliphatic rings. The van der Waals surface area contributed by atoms with Gasteiger partial charge in [0, 0.05) is 11.6 Å². The van der Waals surface area contributed by atoms with E-state index in [0.717, 1.165) is 31.3 Å². The largest absolute Gasteiger partial charge is 0.458 e. The average Bonchev–Trinajstić information content (AvgIpc) is 3.09. The normalized spacial score (nSPS) is 21.3. The molecule has 2 rings (SSSR count). The van der Waals surface area contributed by atoms with E-state index in [9.17, 15) is 15.0 Å². The maximum atomic E-state index is 11.1. The maximum Gasteiger partial charge on any atom is 0.331 e. The lowest BCUT2D eigenvalue weighted by Crippen LogP contribution is -2.20. The van der Waals surface area contributed by atoms with E-state index in [2.05, 4.69) is 33.8 Å². The van der Waals surface area contributed by atoms with Crippen LogP contribution in [0.5, 0.6) is 0 Å². The van der Waals surface area contributed by atoms with Crippen molar-refractivity contribution < 1.29 is 19.7 Å². The number of rotatable bonds is 10. The summed E-state index contributed by atoms with van der Waals surface area (Å²) in [6, 6.07) is 0. The molecule has 0 saturated heterocycles. The molecule has 1 aliphatic carbocycles. The Hall–Kier alpha value is -1.65. The summed E-state index contributed by atoms with van der Waals surface area (Å²) in [5, 5.41) is 19.7. The zero-order valence-electron chi connectivity index (χ0n) is 18.6. The minimum Gasteiger partial charge on any atom is -0.458 e. The van der Waals surface area contributed by atoms with Gasteiger partial charge in [0.25, 0.3) is 0 Å². The molecule has 1 aliphatic heterocycles. The highest BCUT2D eigenvalue weighted by Gasteiger charge is 2.27. The topological polar surface area (TPSA) is 66.8 Å². The Balaban J connectivity index is 1.80. The number of hydrogen-bond donors (Lipinski definition) is 2. The summed E-state index contributed by atoms with van der Waals surface area (Å²) in [6.45, 7) is 9.40. The van der Waals surface area contributed by atoms with E-state index in [-0.39, 0.29) is 13.2 Å². The maximum absolute atomic E-state index is 11.1. The van der Waals surface area contributed by atoms with Gasteiger partial charge in [-0.3, -0.25) is 0 Å². The fraction of sp³-hybridized carbons (Fsp3) is 0.640. The SMILES string of the molecule is CC1=C(CC/C(C)=C/CC/C(=C/C[C@@H](O)C2=CC(=O)OC2)CO)C(C)(C)CCC1. The molecule has 0 aromatic heterocycles. The van der Waals surface area contributed by atoms with Crippen molar-refractivity contribution in [3.63, 3.8) is 0 Å². The number of hydrogen-bond acceptors (Lipinski definition) is 4. The van der Waals surface area contributed by atoms with Crippen molar-refractivity contribution in [1.82, 2.24) is 0 Å². The van der Waals surface area contributed by atoms with Crippen LogP contribution in [0.15, 0.2) is 46.1 Å². The number of carbonyl (C=O) groups excluding carboxylic acids is 1. The summed E-state index contributed by atoms with van der Waals surface area (Å²) in [4.78, 5) is 11.1. The van der Waals surface area contributed by atoms with Crippen LogP contribution in [0, 0.1) is 5.41 Å². The first-order chi connectivity index (χ1) is 13.7. The molecular weight excluding hydrogens is 364 g/mol. The number of cyclic esters (lactones) is 1. The Bertz CT molecular complexity index is 706. The van der Waals surface area contributed by atoms with E-state index >= 15 is 0 Å². The molecule has 0 spiro atoms. The van der Waals surface area contributed by atoms with Crippen molar-refractivity contribution in [3.05, 3.63) is 46.1 Å². The Morgan fingerprint density at radius 3 is 2.69 bits per heavy atom. The molecule has 29 heavy (non-hydrogen) atoms. The first-order valence-corrected chi connectivity index (χ1v) is 10.9. The van der Waals surface area contributed by atoms with Crippen LogP contribution in [0.25, 0.3) is 0 Å². The van der Waals surface area contributed by atoms with Crippen molar-refractivity contribution in [1.29, 1.82) is 0 Å². The summed E-state index contributed by atoms with van der Waals surface area (Å²) in [6.07, 6.45) is 12.9. The molecule has 0 aromatic rings. The second-order valence-corrected chi connectivity index (χ2v) is 9.18. The van der Waals surface area contributed by atoms with E-state index in [4.69, 9.17) is 4.74 Å². The van der Waals surface area contributed by atoms with Crippen LogP contribution in [0.2, 0.25) is 0 Å². The van der Waals surface area contributed by atoms with Crippen molar-refractivity contribution >= 4 is 5.97 Å². The van der Waals surface area contributed by atoms with Gasteiger partial charge in [-0.25, -0.2) is 4.79 Å². The zero-order valence-corrected chi connectivity index (χ0v) is 18.6. The smallest absolute Gasteiger partial charge is 0.331 e. The lowest BCUT2D eigenvalue weighted by Gasteiger charge is -2.35. The van der Waals surface area contributed by atoms with Crippen LogP contribution in [-0.2, 0) is 9.53 Å². The molecule has 4 heteroatoms. The lowest BCUT2D eigenvalue weighted by molar-refractivity contribution is -0.135.